The topological polar surface area (TPSA) is 61.2 Å². The van der Waals surface area contributed by atoms with Gasteiger partial charge < -0.3 is 4.74 Å². The van der Waals surface area contributed by atoms with Gasteiger partial charge in [-0.2, -0.15) is 18.3 Å². The number of methoxy groups -OCH3 is 1. The zero-order chi connectivity index (χ0) is 16.4. The molecule has 0 bridgehead atoms. The third-order valence-corrected chi connectivity index (χ3v) is 2.96. The predicted octanol–water partition coefficient (Wildman–Crippen LogP) is 2.68. The number of hydrogen-bond acceptors (Lipinski definition) is 4. The largest absolute Gasteiger partial charge is 0.467 e. The van der Waals surface area contributed by atoms with Crippen molar-refractivity contribution in [3.63, 3.8) is 0 Å². The molecule has 0 aliphatic rings. The van der Waals surface area contributed by atoms with Crippen molar-refractivity contribution in [2.45, 2.75) is 32.5 Å². The molecule has 0 aromatic carbocycles. The summed E-state index contributed by atoms with van der Waals surface area (Å²) in [6.07, 6.45) is -4.61. The fourth-order valence-electron chi connectivity index (χ4n) is 1.75. The zero-order valence-corrected chi connectivity index (χ0v) is 12.3. The van der Waals surface area contributed by atoms with E-state index in [1.165, 1.54) is 0 Å². The van der Waals surface area contributed by atoms with Gasteiger partial charge in [-0.05, 0) is 12.3 Å². The summed E-state index contributed by atoms with van der Waals surface area (Å²) in [6, 6.07) is -0.798. The highest BCUT2D eigenvalue weighted by molar-refractivity contribution is 6.30. The van der Waals surface area contributed by atoms with Crippen LogP contribution in [0.5, 0.6) is 0 Å². The number of aromatic nitrogens is 2. The monoisotopic (exact) mass is 326 g/mol. The molecule has 0 fully saturated rings. The lowest BCUT2D eigenvalue weighted by molar-refractivity contribution is -0.145. The Labute approximate surface area is 123 Å². The van der Waals surface area contributed by atoms with Crippen LogP contribution in [0.25, 0.3) is 0 Å². The van der Waals surface area contributed by atoms with Crippen LogP contribution in [-0.2, 0) is 15.7 Å². The number of nitrogens with zero attached hydrogens (tertiary/aromatic N) is 2. The normalized spacial score (nSPS) is 13.3. The summed E-state index contributed by atoms with van der Waals surface area (Å²) in [4.78, 5) is 23.5. The number of carbonyl (C=O) groups excluding carboxylic acids is 1. The third-order valence-electron chi connectivity index (χ3n) is 2.68. The van der Waals surface area contributed by atoms with Crippen LogP contribution < -0.4 is 5.56 Å². The van der Waals surface area contributed by atoms with Crippen LogP contribution in [-0.4, -0.2) is 22.9 Å². The first kappa shape index (κ1) is 17.5. The zero-order valence-electron chi connectivity index (χ0n) is 11.6. The van der Waals surface area contributed by atoms with Gasteiger partial charge in [0.25, 0.3) is 5.56 Å². The van der Waals surface area contributed by atoms with E-state index in [0.29, 0.717) is 10.7 Å². The second-order valence-corrected chi connectivity index (χ2v) is 5.16. The summed E-state index contributed by atoms with van der Waals surface area (Å²) in [6.45, 7) is 3.57. The van der Waals surface area contributed by atoms with Crippen LogP contribution in [0, 0.1) is 5.92 Å². The Bertz CT molecular complexity index is 584. The van der Waals surface area contributed by atoms with Crippen molar-refractivity contribution < 1.29 is 22.7 Å². The molecular formula is C12H14ClF3N2O3. The average Bonchev–Trinajstić information content (AvgIpc) is 2.36. The number of ether oxygens (including phenoxy) is 1. The molecule has 118 valence electrons. The van der Waals surface area contributed by atoms with E-state index in [1.54, 1.807) is 13.8 Å². The molecule has 1 rings (SSSR count). The molecule has 5 nitrogen and oxygen atoms in total. The third kappa shape index (κ3) is 4.20. The SMILES string of the molecule is COC(=O)C(CC(C)C)n1nc(Cl)c(C(F)(F)F)cc1=O. The molecule has 0 saturated carbocycles. The minimum Gasteiger partial charge on any atom is -0.467 e. The van der Waals surface area contributed by atoms with Crippen LogP contribution in [0.15, 0.2) is 10.9 Å². The fraction of sp³-hybridized carbons (Fsp3) is 0.583. The molecule has 0 spiro atoms. The van der Waals surface area contributed by atoms with Gasteiger partial charge in [-0.25, -0.2) is 9.48 Å². The molecule has 9 heteroatoms. The van der Waals surface area contributed by atoms with Gasteiger partial charge in [0, 0.05) is 6.07 Å². The van der Waals surface area contributed by atoms with Gasteiger partial charge in [-0.15, -0.1) is 0 Å². The second-order valence-electron chi connectivity index (χ2n) is 4.80. The maximum atomic E-state index is 12.6. The highest BCUT2D eigenvalue weighted by atomic mass is 35.5. The highest BCUT2D eigenvalue weighted by Gasteiger charge is 2.36. The van der Waals surface area contributed by atoms with Gasteiger partial charge in [0.15, 0.2) is 11.2 Å². The number of halogens is 4. The lowest BCUT2D eigenvalue weighted by Crippen LogP contribution is -2.34. The molecular weight excluding hydrogens is 313 g/mol. The van der Waals surface area contributed by atoms with Crippen LogP contribution in [0.3, 0.4) is 0 Å². The van der Waals surface area contributed by atoms with Crippen molar-refractivity contribution in [3.8, 4) is 0 Å². The Morgan fingerprint density at radius 1 is 1.48 bits per heavy atom. The maximum absolute atomic E-state index is 12.6. The Morgan fingerprint density at radius 3 is 2.48 bits per heavy atom. The van der Waals surface area contributed by atoms with Crippen LogP contribution in [0.1, 0.15) is 31.9 Å². The summed E-state index contributed by atoms with van der Waals surface area (Å²) >= 11 is 5.47. The van der Waals surface area contributed by atoms with Crippen molar-refractivity contribution in [1.29, 1.82) is 0 Å². The summed E-state index contributed by atoms with van der Waals surface area (Å²) in [5.41, 5.74) is -2.40. The van der Waals surface area contributed by atoms with Gasteiger partial charge >= 0.3 is 12.1 Å². The van der Waals surface area contributed by atoms with E-state index in [0.717, 1.165) is 7.11 Å². The van der Waals surface area contributed by atoms with Gasteiger partial charge in [0.05, 0.1) is 7.11 Å². The molecule has 0 saturated heterocycles. The van der Waals surface area contributed by atoms with Crippen LogP contribution >= 0.6 is 11.6 Å². The van der Waals surface area contributed by atoms with Gasteiger partial charge in [0.2, 0.25) is 0 Å². The Kier molecular flexibility index (Phi) is 5.38. The molecule has 0 amide bonds. The molecule has 1 unspecified atom stereocenters. The van der Waals surface area contributed by atoms with E-state index in [9.17, 15) is 22.8 Å². The molecule has 1 heterocycles. The smallest absolute Gasteiger partial charge is 0.419 e. The van der Waals surface area contributed by atoms with E-state index < -0.39 is 34.5 Å². The predicted molar refractivity (Wildman–Crippen MR) is 69.0 cm³/mol. The summed E-state index contributed by atoms with van der Waals surface area (Å²) in [5, 5.41) is 2.52. The minimum atomic E-state index is -4.79. The number of alkyl halides is 3. The average molecular weight is 327 g/mol. The molecule has 0 aliphatic heterocycles. The molecule has 1 aromatic heterocycles. The first-order chi connectivity index (χ1) is 9.57. The number of hydrogen-bond donors (Lipinski definition) is 0. The summed E-state index contributed by atoms with van der Waals surface area (Å²) in [5.74, 6) is -0.780. The summed E-state index contributed by atoms with van der Waals surface area (Å²) < 4.78 is 43.1. The first-order valence-electron chi connectivity index (χ1n) is 6.02. The molecule has 1 aromatic rings. The minimum absolute atomic E-state index is 0.0103. The molecule has 0 aliphatic carbocycles. The van der Waals surface area contributed by atoms with E-state index in [4.69, 9.17) is 11.6 Å². The van der Waals surface area contributed by atoms with E-state index in [1.807, 2.05) is 0 Å². The maximum Gasteiger partial charge on any atom is 0.419 e. The van der Waals surface area contributed by atoms with Gasteiger partial charge in [0.1, 0.15) is 5.56 Å². The number of carbonyl (C=O) groups is 1. The standard InChI is InChI=1S/C12H14ClF3N2O3/c1-6(2)4-8(11(20)21-3)18-9(19)5-7(10(13)17-18)12(14,15)16/h5-6,8H,4H2,1-3H3. The van der Waals surface area contributed by atoms with E-state index in [-0.39, 0.29) is 12.3 Å². The quantitative estimate of drug-likeness (QED) is 0.798. The van der Waals surface area contributed by atoms with E-state index in [2.05, 4.69) is 9.84 Å². The van der Waals surface area contributed by atoms with Crippen LogP contribution in [0.2, 0.25) is 5.15 Å². The van der Waals surface area contributed by atoms with Crippen molar-refractivity contribution in [2.24, 2.45) is 5.92 Å². The molecule has 0 radical (unpaired) electrons. The van der Waals surface area contributed by atoms with Crippen molar-refractivity contribution in [2.75, 3.05) is 7.11 Å². The summed E-state index contributed by atoms with van der Waals surface area (Å²) in [7, 11) is 1.12. The second kappa shape index (κ2) is 6.46. The number of rotatable bonds is 4. The van der Waals surface area contributed by atoms with Crippen molar-refractivity contribution >= 4 is 17.6 Å². The van der Waals surface area contributed by atoms with Gasteiger partial charge in [-0.1, -0.05) is 25.4 Å². The number of esters is 1. The Morgan fingerprint density at radius 2 is 2.05 bits per heavy atom. The lowest BCUT2D eigenvalue weighted by atomic mass is 10.0. The first-order valence-corrected chi connectivity index (χ1v) is 6.40. The molecule has 21 heavy (non-hydrogen) atoms. The molecule has 0 N–H and O–H groups in total. The Hall–Kier alpha value is -1.57. The van der Waals surface area contributed by atoms with Crippen molar-refractivity contribution in [1.82, 2.24) is 9.78 Å². The van der Waals surface area contributed by atoms with Crippen molar-refractivity contribution in [3.05, 3.63) is 27.1 Å². The highest BCUT2D eigenvalue weighted by Crippen LogP contribution is 2.32. The Balaban J connectivity index is 3.37. The van der Waals surface area contributed by atoms with Crippen LogP contribution in [0.4, 0.5) is 13.2 Å². The lowest BCUT2D eigenvalue weighted by Gasteiger charge is -2.19. The van der Waals surface area contributed by atoms with E-state index >= 15 is 0 Å². The van der Waals surface area contributed by atoms with Gasteiger partial charge in [-0.3, -0.25) is 4.79 Å². The molecule has 1 atom stereocenters. The fourth-order valence-corrected chi connectivity index (χ4v) is 1.99.